The van der Waals surface area contributed by atoms with E-state index in [2.05, 4.69) is 47.2 Å². The number of nitrogens with one attached hydrogen (secondary N) is 1. The van der Waals surface area contributed by atoms with Crippen molar-refractivity contribution in [3.8, 4) is 0 Å². The van der Waals surface area contributed by atoms with Crippen LogP contribution in [0.25, 0.3) is 10.2 Å². The third-order valence-electron chi connectivity index (χ3n) is 3.70. The van der Waals surface area contributed by atoms with Crippen molar-refractivity contribution in [1.82, 2.24) is 15.2 Å². The summed E-state index contributed by atoms with van der Waals surface area (Å²) in [5.74, 6) is 0. The van der Waals surface area contributed by atoms with Crippen molar-refractivity contribution < 1.29 is 0 Å². The summed E-state index contributed by atoms with van der Waals surface area (Å²) in [4.78, 5) is 7.13. The highest BCUT2D eigenvalue weighted by atomic mass is 32.1. The summed E-state index contributed by atoms with van der Waals surface area (Å²) in [6.45, 7) is 8.84. The minimum absolute atomic E-state index is 0.485. The van der Waals surface area contributed by atoms with Crippen molar-refractivity contribution in [3.63, 3.8) is 0 Å². The molecule has 1 fully saturated rings. The molecule has 96 valence electrons. The van der Waals surface area contributed by atoms with Gasteiger partial charge in [-0.1, -0.05) is 6.07 Å². The number of aryl methyl sites for hydroxylation is 1. The van der Waals surface area contributed by atoms with Gasteiger partial charge in [-0.15, -0.1) is 11.3 Å². The van der Waals surface area contributed by atoms with Crippen molar-refractivity contribution in [2.45, 2.75) is 19.9 Å². The molecule has 0 spiro atoms. The summed E-state index contributed by atoms with van der Waals surface area (Å²) in [6.07, 6.45) is 0. The molecule has 1 aliphatic rings. The number of piperazine rings is 1. The minimum Gasteiger partial charge on any atom is -0.314 e. The Hall–Kier alpha value is -0.970. The van der Waals surface area contributed by atoms with Crippen LogP contribution < -0.4 is 5.32 Å². The molecule has 4 heteroatoms. The molecule has 0 saturated carbocycles. The third kappa shape index (κ3) is 2.28. The third-order valence-corrected chi connectivity index (χ3v) is 4.65. The highest BCUT2D eigenvalue weighted by molar-refractivity contribution is 7.18. The number of nitrogens with zero attached hydrogens (tertiary/aromatic N) is 2. The van der Waals surface area contributed by atoms with E-state index in [-0.39, 0.29) is 0 Å². The molecule has 1 atom stereocenters. The van der Waals surface area contributed by atoms with Crippen LogP contribution in [0.5, 0.6) is 0 Å². The maximum Gasteiger partial charge on any atom is 0.0907 e. The average Bonchev–Trinajstić information content (AvgIpc) is 2.78. The van der Waals surface area contributed by atoms with Gasteiger partial charge < -0.3 is 5.32 Å². The Morgan fingerprint density at radius 3 is 2.89 bits per heavy atom. The highest BCUT2D eigenvalue weighted by Gasteiger charge is 2.18. The number of benzene rings is 1. The minimum atomic E-state index is 0.485. The van der Waals surface area contributed by atoms with Crippen molar-refractivity contribution in [2.75, 3.05) is 26.2 Å². The molecule has 2 heterocycles. The van der Waals surface area contributed by atoms with Gasteiger partial charge in [-0.3, -0.25) is 4.90 Å². The summed E-state index contributed by atoms with van der Waals surface area (Å²) in [7, 11) is 0. The Bertz CT molecular complexity index is 543. The topological polar surface area (TPSA) is 28.2 Å². The van der Waals surface area contributed by atoms with Gasteiger partial charge >= 0.3 is 0 Å². The number of rotatable bonds is 2. The molecule has 0 aliphatic carbocycles. The van der Waals surface area contributed by atoms with Crippen molar-refractivity contribution >= 4 is 21.6 Å². The van der Waals surface area contributed by atoms with E-state index in [4.69, 9.17) is 0 Å². The van der Waals surface area contributed by atoms with Crippen LogP contribution in [-0.2, 0) is 0 Å². The molecule has 1 aromatic heterocycles. The lowest BCUT2D eigenvalue weighted by atomic mass is 10.1. The van der Waals surface area contributed by atoms with Gasteiger partial charge in [-0.2, -0.15) is 0 Å². The van der Waals surface area contributed by atoms with Crippen LogP contribution in [0.1, 0.15) is 23.5 Å². The van der Waals surface area contributed by atoms with Crippen LogP contribution in [0.15, 0.2) is 18.2 Å². The largest absolute Gasteiger partial charge is 0.314 e. The summed E-state index contributed by atoms with van der Waals surface area (Å²) in [5, 5.41) is 4.55. The molecule has 1 unspecified atom stereocenters. The second kappa shape index (κ2) is 4.96. The smallest absolute Gasteiger partial charge is 0.0907 e. The van der Waals surface area contributed by atoms with Gasteiger partial charge in [0.2, 0.25) is 0 Å². The monoisotopic (exact) mass is 261 g/mol. The summed E-state index contributed by atoms with van der Waals surface area (Å²) < 4.78 is 1.30. The number of hydrogen-bond donors (Lipinski definition) is 1. The predicted molar refractivity (Wildman–Crippen MR) is 77.2 cm³/mol. The second-order valence-electron chi connectivity index (χ2n) is 4.92. The van der Waals surface area contributed by atoms with E-state index < -0.39 is 0 Å². The first-order valence-corrected chi connectivity index (χ1v) is 7.37. The summed E-state index contributed by atoms with van der Waals surface area (Å²) in [6, 6.07) is 7.21. The molecular weight excluding hydrogens is 242 g/mol. The predicted octanol–water partition coefficient (Wildman–Crippen LogP) is 2.57. The van der Waals surface area contributed by atoms with Crippen LogP contribution in [-0.4, -0.2) is 36.1 Å². The molecule has 0 amide bonds. The van der Waals surface area contributed by atoms with E-state index in [1.54, 1.807) is 11.3 Å². The molecule has 3 rings (SSSR count). The van der Waals surface area contributed by atoms with Crippen molar-refractivity contribution in [3.05, 3.63) is 28.8 Å². The summed E-state index contributed by atoms with van der Waals surface area (Å²) in [5.41, 5.74) is 2.53. The van der Waals surface area contributed by atoms with Gasteiger partial charge in [0, 0.05) is 32.2 Å². The van der Waals surface area contributed by atoms with Crippen molar-refractivity contribution in [2.24, 2.45) is 0 Å². The van der Waals surface area contributed by atoms with Gasteiger partial charge in [-0.25, -0.2) is 4.98 Å². The molecule has 0 radical (unpaired) electrons. The zero-order chi connectivity index (χ0) is 12.5. The van der Waals surface area contributed by atoms with Crippen LogP contribution in [0, 0.1) is 6.92 Å². The number of fused-ring (bicyclic) bond motifs is 1. The second-order valence-corrected chi connectivity index (χ2v) is 6.16. The first-order valence-electron chi connectivity index (χ1n) is 6.56. The van der Waals surface area contributed by atoms with E-state index in [0.29, 0.717) is 6.04 Å². The molecule has 1 aromatic carbocycles. The van der Waals surface area contributed by atoms with Crippen LogP contribution >= 0.6 is 11.3 Å². The quantitative estimate of drug-likeness (QED) is 0.900. The first-order chi connectivity index (χ1) is 8.74. The Morgan fingerprint density at radius 1 is 1.33 bits per heavy atom. The summed E-state index contributed by atoms with van der Waals surface area (Å²) >= 11 is 1.77. The lowest BCUT2D eigenvalue weighted by Gasteiger charge is -2.33. The van der Waals surface area contributed by atoms with Gasteiger partial charge in [0.25, 0.3) is 0 Å². The van der Waals surface area contributed by atoms with Crippen LogP contribution in [0.4, 0.5) is 0 Å². The van der Waals surface area contributed by atoms with Gasteiger partial charge in [0.05, 0.1) is 15.2 Å². The zero-order valence-corrected chi connectivity index (χ0v) is 11.8. The Labute approximate surface area is 112 Å². The molecule has 2 aromatic rings. The Morgan fingerprint density at radius 2 is 2.11 bits per heavy atom. The van der Waals surface area contributed by atoms with Crippen LogP contribution in [0.3, 0.4) is 0 Å². The first kappa shape index (κ1) is 12.1. The fraction of sp³-hybridized carbons (Fsp3) is 0.500. The van der Waals surface area contributed by atoms with Crippen LogP contribution in [0.2, 0.25) is 0 Å². The Balaban J connectivity index is 1.88. The van der Waals surface area contributed by atoms with E-state index in [0.717, 1.165) is 36.7 Å². The van der Waals surface area contributed by atoms with Crippen molar-refractivity contribution in [1.29, 1.82) is 0 Å². The zero-order valence-electron chi connectivity index (χ0n) is 10.9. The van der Waals surface area contributed by atoms with Gasteiger partial charge in [0.15, 0.2) is 0 Å². The molecular formula is C14H19N3S. The van der Waals surface area contributed by atoms with E-state index in [1.165, 1.54) is 10.3 Å². The van der Waals surface area contributed by atoms with Gasteiger partial charge in [0.1, 0.15) is 0 Å². The number of hydrogen-bond acceptors (Lipinski definition) is 4. The molecule has 1 aliphatic heterocycles. The molecule has 1 N–H and O–H groups in total. The van der Waals surface area contributed by atoms with Gasteiger partial charge in [-0.05, 0) is 31.5 Å². The van der Waals surface area contributed by atoms with E-state index >= 15 is 0 Å². The fourth-order valence-corrected chi connectivity index (χ4v) is 3.41. The normalized spacial score (nSPS) is 19.2. The van der Waals surface area contributed by atoms with E-state index in [9.17, 15) is 0 Å². The highest BCUT2D eigenvalue weighted by Crippen LogP contribution is 2.27. The Kier molecular flexibility index (Phi) is 3.33. The van der Waals surface area contributed by atoms with E-state index in [1.807, 2.05) is 0 Å². The molecule has 1 saturated heterocycles. The average molecular weight is 261 g/mol. The number of aromatic nitrogens is 1. The molecule has 3 nitrogen and oxygen atoms in total. The SMILES string of the molecule is Cc1nc2cc(C(C)N3CCNCC3)ccc2s1. The lowest BCUT2D eigenvalue weighted by Crippen LogP contribution is -2.44. The molecule has 0 bridgehead atoms. The number of thiazole rings is 1. The standard InChI is InChI=1S/C14H19N3S/c1-10(17-7-5-15-6-8-17)12-3-4-14-13(9-12)16-11(2)18-14/h3-4,9-10,15H,5-8H2,1-2H3. The lowest BCUT2D eigenvalue weighted by molar-refractivity contribution is 0.185. The molecule has 18 heavy (non-hydrogen) atoms. The maximum absolute atomic E-state index is 4.59. The fourth-order valence-electron chi connectivity index (χ4n) is 2.60. The maximum atomic E-state index is 4.59.